The summed E-state index contributed by atoms with van der Waals surface area (Å²) in [5.41, 5.74) is 3.44. The molecule has 1 aliphatic rings. The summed E-state index contributed by atoms with van der Waals surface area (Å²) in [6.07, 6.45) is 1.14. The first-order valence-corrected chi connectivity index (χ1v) is 5.05. The Labute approximate surface area is 80.2 Å². The molecule has 1 saturated heterocycles. The van der Waals surface area contributed by atoms with Gasteiger partial charge in [-0.25, -0.2) is 0 Å². The Morgan fingerprint density at radius 2 is 2.00 bits per heavy atom. The fourth-order valence-corrected chi connectivity index (χ4v) is 2.11. The van der Waals surface area contributed by atoms with Crippen molar-refractivity contribution in [3.63, 3.8) is 0 Å². The highest BCUT2D eigenvalue weighted by atomic mass is 15.0. The molecule has 1 N–H and O–H groups in total. The molecule has 0 aromatic heterocycles. The molecule has 0 spiro atoms. The van der Waals surface area contributed by atoms with Gasteiger partial charge in [-0.2, -0.15) is 0 Å². The van der Waals surface area contributed by atoms with Crippen molar-refractivity contribution in [1.29, 1.82) is 0 Å². The van der Waals surface area contributed by atoms with E-state index in [1.54, 1.807) is 0 Å². The normalized spacial score (nSPS) is 19.5. The van der Waals surface area contributed by atoms with Crippen molar-refractivity contribution in [2.24, 2.45) is 0 Å². The standard InChI is InChI=1S/C12H17N/c1-3-10-6-4-5-7-11(10)12(2)8-13-9-12/h4-7,13H,3,8-9H2,1-2H3. The van der Waals surface area contributed by atoms with E-state index in [4.69, 9.17) is 0 Å². The number of hydrogen-bond acceptors (Lipinski definition) is 1. The van der Waals surface area contributed by atoms with Crippen LogP contribution in [0.3, 0.4) is 0 Å². The van der Waals surface area contributed by atoms with Crippen LogP contribution < -0.4 is 5.32 Å². The third kappa shape index (κ3) is 1.37. The van der Waals surface area contributed by atoms with E-state index < -0.39 is 0 Å². The fraction of sp³-hybridized carbons (Fsp3) is 0.500. The number of benzene rings is 1. The second-order valence-electron chi connectivity index (χ2n) is 4.17. The average molecular weight is 175 g/mol. The van der Waals surface area contributed by atoms with Crippen LogP contribution in [-0.4, -0.2) is 13.1 Å². The summed E-state index contributed by atoms with van der Waals surface area (Å²) in [7, 11) is 0. The van der Waals surface area contributed by atoms with Crippen molar-refractivity contribution in [2.75, 3.05) is 13.1 Å². The molecular formula is C12H17N. The van der Waals surface area contributed by atoms with Crippen molar-refractivity contribution in [1.82, 2.24) is 5.32 Å². The second-order valence-corrected chi connectivity index (χ2v) is 4.17. The Kier molecular flexibility index (Phi) is 2.12. The lowest BCUT2D eigenvalue weighted by Crippen LogP contribution is -2.55. The van der Waals surface area contributed by atoms with E-state index in [0.717, 1.165) is 19.5 Å². The molecule has 0 unspecified atom stereocenters. The predicted octanol–water partition coefficient (Wildman–Crippen LogP) is 2.11. The maximum atomic E-state index is 3.35. The van der Waals surface area contributed by atoms with Crippen molar-refractivity contribution < 1.29 is 0 Å². The summed E-state index contributed by atoms with van der Waals surface area (Å²) in [6, 6.07) is 8.81. The maximum absolute atomic E-state index is 3.35. The van der Waals surface area contributed by atoms with Gasteiger partial charge in [0.1, 0.15) is 0 Å². The molecule has 2 rings (SSSR count). The molecule has 1 aromatic rings. The SMILES string of the molecule is CCc1ccccc1C1(C)CNC1. The van der Waals surface area contributed by atoms with Gasteiger partial charge >= 0.3 is 0 Å². The Morgan fingerprint density at radius 1 is 1.31 bits per heavy atom. The van der Waals surface area contributed by atoms with E-state index in [1.165, 1.54) is 11.1 Å². The molecular weight excluding hydrogens is 158 g/mol. The topological polar surface area (TPSA) is 12.0 Å². The number of rotatable bonds is 2. The van der Waals surface area contributed by atoms with Crippen LogP contribution >= 0.6 is 0 Å². The lowest BCUT2D eigenvalue weighted by molar-refractivity contribution is 0.304. The van der Waals surface area contributed by atoms with E-state index >= 15 is 0 Å². The van der Waals surface area contributed by atoms with Gasteiger partial charge in [0, 0.05) is 18.5 Å². The number of hydrogen-bond donors (Lipinski definition) is 1. The molecule has 1 fully saturated rings. The van der Waals surface area contributed by atoms with Crippen LogP contribution in [0.5, 0.6) is 0 Å². The van der Waals surface area contributed by atoms with Gasteiger partial charge in [-0.15, -0.1) is 0 Å². The van der Waals surface area contributed by atoms with E-state index in [9.17, 15) is 0 Å². The molecule has 1 heterocycles. The van der Waals surface area contributed by atoms with E-state index in [-0.39, 0.29) is 0 Å². The molecule has 70 valence electrons. The molecule has 1 nitrogen and oxygen atoms in total. The van der Waals surface area contributed by atoms with Crippen molar-refractivity contribution in [3.8, 4) is 0 Å². The highest BCUT2D eigenvalue weighted by Gasteiger charge is 2.34. The van der Waals surface area contributed by atoms with Gasteiger partial charge < -0.3 is 5.32 Å². The highest BCUT2D eigenvalue weighted by Crippen LogP contribution is 2.30. The minimum absolute atomic E-state index is 0.395. The summed E-state index contributed by atoms with van der Waals surface area (Å²) in [6.45, 7) is 6.83. The molecule has 0 saturated carbocycles. The zero-order valence-electron chi connectivity index (χ0n) is 8.43. The predicted molar refractivity (Wildman–Crippen MR) is 56.0 cm³/mol. The Balaban J connectivity index is 2.38. The Hall–Kier alpha value is -0.820. The van der Waals surface area contributed by atoms with Crippen LogP contribution in [0.25, 0.3) is 0 Å². The quantitative estimate of drug-likeness (QED) is 0.726. The van der Waals surface area contributed by atoms with Crippen LogP contribution in [0.1, 0.15) is 25.0 Å². The summed E-state index contributed by atoms with van der Waals surface area (Å²) < 4.78 is 0. The van der Waals surface area contributed by atoms with Crippen LogP contribution in [0.15, 0.2) is 24.3 Å². The van der Waals surface area contributed by atoms with Gasteiger partial charge in [0.25, 0.3) is 0 Å². The lowest BCUT2D eigenvalue weighted by atomic mass is 9.75. The second kappa shape index (κ2) is 3.15. The molecule has 0 amide bonds. The van der Waals surface area contributed by atoms with Crippen LogP contribution in [0, 0.1) is 0 Å². The van der Waals surface area contributed by atoms with Gasteiger partial charge in [0.2, 0.25) is 0 Å². The summed E-state index contributed by atoms with van der Waals surface area (Å²) in [4.78, 5) is 0. The van der Waals surface area contributed by atoms with E-state index in [0.29, 0.717) is 5.41 Å². The van der Waals surface area contributed by atoms with Gasteiger partial charge in [-0.1, -0.05) is 38.1 Å². The number of nitrogens with one attached hydrogen (secondary N) is 1. The molecule has 0 radical (unpaired) electrons. The first kappa shape index (κ1) is 8.76. The minimum atomic E-state index is 0.395. The molecule has 1 aromatic carbocycles. The van der Waals surface area contributed by atoms with E-state index in [1.807, 2.05) is 0 Å². The first-order valence-electron chi connectivity index (χ1n) is 5.05. The summed E-state index contributed by atoms with van der Waals surface area (Å²) in [5, 5.41) is 3.35. The van der Waals surface area contributed by atoms with Crippen LogP contribution in [0.2, 0.25) is 0 Å². The smallest absolute Gasteiger partial charge is 0.0177 e. The largest absolute Gasteiger partial charge is 0.315 e. The third-order valence-corrected chi connectivity index (χ3v) is 3.08. The lowest BCUT2D eigenvalue weighted by Gasteiger charge is -2.41. The first-order chi connectivity index (χ1) is 6.26. The van der Waals surface area contributed by atoms with Gasteiger partial charge in [-0.3, -0.25) is 0 Å². The average Bonchev–Trinajstić information content (AvgIpc) is 2.14. The van der Waals surface area contributed by atoms with Crippen molar-refractivity contribution >= 4 is 0 Å². The monoisotopic (exact) mass is 175 g/mol. The van der Waals surface area contributed by atoms with Crippen LogP contribution in [-0.2, 0) is 11.8 Å². The molecule has 0 bridgehead atoms. The van der Waals surface area contributed by atoms with Gasteiger partial charge in [0.05, 0.1) is 0 Å². The number of aryl methyl sites for hydroxylation is 1. The highest BCUT2D eigenvalue weighted by molar-refractivity contribution is 5.36. The zero-order valence-corrected chi connectivity index (χ0v) is 8.43. The van der Waals surface area contributed by atoms with Gasteiger partial charge in [0.15, 0.2) is 0 Å². The summed E-state index contributed by atoms with van der Waals surface area (Å²) >= 11 is 0. The van der Waals surface area contributed by atoms with Crippen LogP contribution in [0.4, 0.5) is 0 Å². The molecule has 0 atom stereocenters. The van der Waals surface area contributed by atoms with Crippen molar-refractivity contribution in [3.05, 3.63) is 35.4 Å². The zero-order chi connectivity index (χ0) is 9.31. The maximum Gasteiger partial charge on any atom is 0.0177 e. The molecule has 0 aliphatic carbocycles. The Bertz CT molecular complexity index is 300. The summed E-state index contributed by atoms with van der Waals surface area (Å²) in [5.74, 6) is 0. The molecule has 1 aliphatic heterocycles. The Morgan fingerprint density at radius 3 is 2.54 bits per heavy atom. The van der Waals surface area contributed by atoms with E-state index in [2.05, 4.69) is 43.4 Å². The molecule has 13 heavy (non-hydrogen) atoms. The molecule has 1 heteroatoms. The fourth-order valence-electron chi connectivity index (χ4n) is 2.11. The van der Waals surface area contributed by atoms with Crippen molar-refractivity contribution in [2.45, 2.75) is 25.7 Å². The van der Waals surface area contributed by atoms with Gasteiger partial charge in [-0.05, 0) is 17.5 Å². The third-order valence-electron chi connectivity index (χ3n) is 3.08. The minimum Gasteiger partial charge on any atom is -0.315 e.